The molecule has 0 radical (unpaired) electrons. The monoisotopic (exact) mass is 337 g/mol. The predicted molar refractivity (Wildman–Crippen MR) is 98.7 cm³/mol. The number of nitrogens with zero attached hydrogens (tertiary/aromatic N) is 2. The number of carbonyl (C=O) groups excluding carboxylic acids is 1. The van der Waals surface area contributed by atoms with Crippen LogP contribution in [0, 0.1) is 0 Å². The van der Waals surface area contributed by atoms with Crippen molar-refractivity contribution in [2.75, 3.05) is 7.11 Å². The van der Waals surface area contributed by atoms with Crippen LogP contribution in [0.15, 0.2) is 48.8 Å². The molecule has 0 fully saturated rings. The first-order valence-electron chi connectivity index (χ1n) is 8.49. The number of pyridine rings is 1. The number of carbonyl (C=O) groups is 1. The van der Waals surface area contributed by atoms with Crippen LogP contribution in [0.1, 0.15) is 36.3 Å². The first kappa shape index (κ1) is 17.0. The minimum atomic E-state index is 0.00123. The third-order valence-electron chi connectivity index (χ3n) is 4.54. The number of H-pyrrole nitrogens is 1. The van der Waals surface area contributed by atoms with Crippen LogP contribution in [0.2, 0.25) is 0 Å². The van der Waals surface area contributed by atoms with Crippen molar-refractivity contribution in [3.05, 3.63) is 60.0 Å². The second kappa shape index (κ2) is 7.38. The number of aromatic nitrogens is 2. The number of hydrogen-bond acceptors (Lipinski definition) is 3. The van der Waals surface area contributed by atoms with Gasteiger partial charge in [-0.3, -0.25) is 9.78 Å². The molecule has 1 N–H and O–H groups in total. The fourth-order valence-corrected chi connectivity index (χ4v) is 2.84. The van der Waals surface area contributed by atoms with Crippen molar-refractivity contribution in [1.29, 1.82) is 0 Å². The summed E-state index contributed by atoms with van der Waals surface area (Å²) in [5.41, 5.74) is 2.59. The van der Waals surface area contributed by atoms with Crippen molar-refractivity contribution < 1.29 is 9.53 Å². The molecule has 0 saturated carbocycles. The summed E-state index contributed by atoms with van der Waals surface area (Å²) in [5.74, 6) is 0.780. The predicted octanol–water partition coefficient (Wildman–Crippen LogP) is 4.01. The van der Waals surface area contributed by atoms with Gasteiger partial charge < -0.3 is 14.6 Å². The Hall–Kier alpha value is -2.82. The maximum atomic E-state index is 13.1. The third kappa shape index (κ3) is 3.65. The summed E-state index contributed by atoms with van der Waals surface area (Å²) in [6.07, 6.45) is 4.40. The highest BCUT2D eigenvalue weighted by atomic mass is 16.5. The Labute approximate surface area is 147 Å². The highest BCUT2D eigenvalue weighted by Crippen LogP contribution is 2.23. The van der Waals surface area contributed by atoms with Crippen LogP contribution in [0.5, 0.6) is 5.75 Å². The van der Waals surface area contributed by atoms with Gasteiger partial charge in [-0.1, -0.05) is 6.92 Å². The van der Waals surface area contributed by atoms with Gasteiger partial charge in [0.2, 0.25) is 0 Å². The molecule has 2 aromatic heterocycles. The number of rotatable bonds is 6. The van der Waals surface area contributed by atoms with E-state index < -0.39 is 0 Å². The number of fused-ring (bicyclic) bond motifs is 1. The summed E-state index contributed by atoms with van der Waals surface area (Å²) in [5, 5.41) is 0.968. The average molecular weight is 337 g/mol. The number of aromatic amines is 1. The number of benzene rings is 1. The van der Waals surface area contributed by atoms with Gasteiger partial charge in [-0.25, -0.2) is 0 Å². The molecule has 0 aliphatic carbocycles. The molecule has 130 valence electrons. The Morgan fingerprint density at radius 3 is 2.68 bits per heavy atom. The van der Waals surface area contributed by atoms with E-state index in [1.165, 1.54) is 0 Å². The molecule has 0 spiro atoms. The molecule has 5 nitrogen and oxygen atoms in total. The van der Waals surface area contributed by atoms with Gasteiger partial charge in [-0.05, 0) is 55.3 Å². The van der Waals surface area contributed by atoms with Crippen molar-refractivity contribution in [2.45, 2.75) is 32.9 Å². The molecule has 1 aromatic carbocycles. The Morgan fingerprint density at radius 2 is 2.00 bits per heavy atom. The number of hydrogen-bond donors (Lipinski definition) is 1. The normalized spacial score (nSPS) is 12.1. The lowest BCUT2D eigenvalue weighted by atomic mass is 10.1. The van der Waals surface area contributed by atoms with Crippen molar-refractivity contribution in [3.63, 3.8) is 0 Å². The zero-order valence-corrected chi connectivity index (χ0v) is 14.8. The topological polar surface area (TPSA) is 58.2 Å². The second-order valence-corrected chi connectivity index (χ2v) is 6.18. The fraction of sp³-hybridized carbons (Fsp3) is 0.300. The summed E-state index contributed by atoms with van der Waals surface area (Å²) in [6, 6.07) is 11.7. The molecule has 0 aliphatic rings. The van der Waals surface area contributed by atoms with Gasteiger partial charge in [0.25, 0.3) is 5.91 Å². The maximum Gasteiger partial charge on any atom is 0.270 e. The highest BCUT2D eigenvalue weighted by Gasteiger charge is 2.22. The molecule has 1 atom stereocenters. The van der Waals surface area contributed by atoms with E-state index in [0.717, 1.165) is 28.6 Å². The van der Waals surface area contributed by atoms with E-state index in [-0.39, 0.29) is 11.9 Å². The summed E-state index contributed by atoms with van der Waals surface area (Å²) in [4.78, 5) is 22.3. The van der Waals surface area contributed by atoms with Crippen molar-refractivity contribution in [2.24, 2.45) is 0 Å². The van der Waals surface area contributed by atoms with Gasteiger partial charge in [0, 0.05) is 35.9 Å². The first-order chi connectivity index (χ1) is 12.1. The lowest BCUT2D eigenvalue weighted by Gasteiger charge is -2.28. The highest BCUT2D eigenvalue weighted by molar-refractivity contribution is 5.98. The lowest BCUT2D eigenvalue weighted by Crippen LogP contribution is -2.38. The van der Waals surface area contributed by atoms with Crippen LogP contribution in [0.3, 0.4) is 0 Å². The van der Waals surface area contributed by atoms with Crippen LogP contribution in [0.25, 0.3) is 10.9 Å². The van der Waals surface area contributed by atoms with E-state index in [0.29, 0.717) is 12.2 Å². The smallest absolute Gasteiger partial charge is 0.270 e. The third-order valence-corrected chi connectivity index (χ3v) is 4.54. The molecular weight excluding hydrogens is 314 g/mol. The molecule has 3 rings (SSSR count). The first-order valence-corrected chi connectivity index (χ1v) is 8.49. The summed E-state index contributed by atoms with van der Waals surface area (Å²) >= 11 is 0. The molecule has 0 aliphatic heterocycles. The summed E-state index contributed by atoms with van der Waals surface area (Å²) < 4.78 is 5.26. The van der Waals surface area contributed by atoms with Crippen LogP contribution in [-0.2, 0) is 6.54 Å². The van der Waals surface area contributed by atoms with Crippen molar-refractivity contribution in [3.8, 4) is 5.75 Å². The Bertz CT molecular complexity index is 858. The quantitative estimate of drug-likeness (QED) is 0.739. The van der Waals surface area contributed by atoms with Gasteiger partial charge >= 0.3 is 0 Å². The van der Waals surface area contributed by atoms with Gasteiger partial charge in [0.15, 0.2) is 0 Å². The molecule has 2 heterocycles. The SMILES string of the molecule is CC[C@H](C)N(Cc1ccncc1)C(=O)c1cc2cc(OC)ccc2[nH]1. The van der Waals surface area contributed by atoms with E-state index in [1.807, 2.05) is 41.3 Å². The minimum Gasteiger partial charge on any atom is -0.497 e. The molecule has 3 aromatic rings. The number of ether oxygens (including phenoxy) is 1. The molecule has 0 saturated heterocycles. The van der Waals surface area contributed by atoms with Gasteiger partial charge in [-0.2, -0.15) is 0 Å². The number of amides is 1. The number of methoxy groups -OCH3 is 1. The molecule has 25 heavy (non-hydrogen) atoms. The molecule has 5 heteroatoms. The maximum absolute atomic E-state index is 13.1. The van der Waals surface area contributed by atoms with E-state index in [1.54, 1.807) is 19.5 Å². The zero-order chi connectivity index (χ0) is 17.8. The molecular formula is C20H23N3O2. The van der Waals surface area contributed by atoms with E-state index in [4.69, 9.17) is 4.74 Å². The van der Waals surface area contributed by atoms with Crippen LogP contribution in [0.4, 0.5) is 0 Å². The summed E-state index contributed by atoms with van der Waals surface area (Å²) in [6.45, 7) is 4.73. The average Bonchev–Trinajstić information content (AvgIpc) is 3.09. The van der Waals surface area contributed by atoms with E-state index in [2.05, 4.69) is 23.8 Å². The van der Waals surface area contributed by atoms with Crippen molar-refractivity contribution >= 4 is 16.8 Å². The van der Waals surface area contributed by atoms with Crippen LogP contribution >= 0.6 is 0 Å². The van der Waals surface area contributed by atoms with Crippen LogP contribution < -0.4 is 4.74 Å². The minimum absolute atomic E-state index is 0.00123. The van der Waals surface area contributed by atoms with Crippen LogP contribution in [-0.4, -0.2) is 33.9 Å². The van der Waals surface area contributed by atoms with E-state index >= 15 is 0 Å². The fourth-order valence-electron chi connectivity index (χ4n) is 2.84. The Balaban J connectivity index is 1.91. The standard InChI is InChI=1S/C20H23N3O2/c1-4-14(2)23(13-15-7-9-21-10-8-15)20(24)19-12-16-11-17(25-3)5-6-18(16)22-19/h5-12,14,22H,4,13H2,1-3H3/t14-/m0/s1. The molecule has 0 bridgehead atoms. The largest absolute Gasteiger partial charge is 0.497 e. The molecule has 0 unspecified atom stereocenters. The Kier molecular flexibility index (Phi) is 5.03. The molecule has 1 amide bonds. The second-order valence-electron chi connectivity index (χ2n) is 6.18. The van der Waals surface area contributed by atoms with Crippen molar-refractivity contribution in [1.82, 2.24) is 14.9 Å². The van der Waals surface area contributed by atoms with E-state index in [9.17, 15) is 4.79 Å². The zero-order valence-electron chi connectivity index (χ0n) is 14.8. The Morgan fingerprint density at radius 1 is 1.24 bits per heavy atom. The van der Waals surface area contributed by atoms with Gasteiger partial charge in [0.05, 0.1) is 7.11 Å². The van der Waals surface area contributed by atoms with Gasteiger partial charge in [-0.15, -0.1) is 0 Å². The lowest BCUT2D eigenvalue weighted by molar-refractivity contribution is 0.0666. The summed E-state index contributed by atoms with van der Waals surface area (Å²) in [7, 11) is 1.64. The van der Waals surface area contributed by atoms with Gasteiger partial charge in [0.1, 0.15) is 11.4 Å². The number of nitrogens with one attached hydrogen (secondary N) is 1.